The van der Waals surface area contributed by atoms with E-state index in [1.807, 2.05) is 27.7 Å². The lowest BCUT2D eigenvalue weighted by Gasteiger charge is -2.32. The number of benzene rings is 6. The smallest absolute Gasteiger partial charge is 0.507 e. The van der Waals surface area contributed by atoms with Crippen molar-refractivity contribution in [3.05, 3.63) is 232 Å². The van der Waals surface area contributed by atoms with Gasteiger partial charge in [0.25, 0.3) is 11.1 Å². The summed E-state index contributed by atoms with van der Waals surface area (Å²) in [6.07, 6.45) is 16.0. The number of nitrogens with one attached hydrogen (secondary N) is 1. The largest absolute Gasteiger partial charge is 0.534 e. The fourth-order valence-corrected chi connectivity index (χ4v) is 15.6. The number of anilines is 4. The highest BCUT2D eigenvalue weighted by Crippen LogP contribution is 2.47. The number of halogens is 15. The highest BCUT2D eigenvalue weighted by Gasteiger charge is 2.51. The first-order chi connectivity index (χ1) is 60.7. The lowest BCUT2D eigenvalue weighted by atomic mass is 9.84. The van der Waals surface area contributed by atoms with Crippen LogP contribution in [0.4, 0.5) is 62.3 Å². The van der Waals surface area contributed by atoms with Crippen LogP contribution in [-0.2, 0) is 43.2 Å². The molecule has 6 fully saturated rings. The summed E-state index contributed by atoms with van der Waals surface area (Å²) in [5.41, 5.74) is 8.62. The molecule has 1 saturated heterocycles. The number of rotatable bonds is 19. The quantitative estimate of drug-likeness (QED) is 0.00833. The first kappa shape index (κ1) is 108. The van der Waals surface area contributed by atoms with E-state index in [0.29, 0.717) is 79.5 Å². The summed E-state index contributed by atoms with van der Waals surface area (Å²) in [5, 5.41) is 29.7. The molecule has 5 aliphatic carbocycles. The van der Waals surface area contributed by atoms with Crippen molar-refractivity contribution in [1.82, 2.24) is 9.13 Å². The molecule has 6 aromatic carbocycles. The van der Waals surface area contributed by atoms with Crippen LogP contribution in [0, 0.1) is 41.8 Å². The molecule has 1 aliphatic heterocycles. The van der Waals surface area contributed by atoms with Crippen molar-refractivity contribution >= 4 is 225 Å². The number of hydrogen-bond acceptors (Lipinski definition) is 22. The Kier molecular flexibility index (Phi) is 37.3. The molecule has 25 nitrogen and oxygen atoms in total. The second kappa shape index (κ2) is 45.0. The third-order valence-electron chi connectivity index (χ3n) is 20.6. The number of esters is 4. The number of carbonyl (C=O) groups is 5. The summed E-state index contributed by atoms with van der Waals surface area (Å²) in [4.78, 5) is 84.0. The number of nitrogen functional groups attached to an aromatic ring is 2. The van der Waals surface area contributed by atoms with Gasteiger partial charge in [-0.1, -0.05) is 82.1 Å². The van der Waals surface area contributed by atoms with E-state index in [0.717, 1.165) is 81.7 Å². The van der Waals surface area contributed by atoms with Crippen molar-refractivity contribution in [2.24, 2.45) is 0 Å². The molecule has 0 spiro atoms. The molecular formula is C87H89B2Br6F9N6O19S. The number of aromatic nitrogens is 2. The molecule has 43 heteroatoms. The molecule has 0 radical (unpaired) electrons. The standard InChI is InChI=1S/C15H10BrF4NO4S.C15H15BrFNO3.C14H11BrFNO2.C13H13BrFNO2.C10H9BrFNO2.C9H9BrFNO2.C8H15BO2.C3H7BO2/c1-2-8-13(16)10(17)5-9-11(25-26(23,24)15(18,19)20)6-12(22)21(14(8)9)7-3-4-7;1-4-10-13(16)12(17)7-11(15(20)21-3)14(10)18(8(2)19)9-5-6-9;1-2-8-13(15)10(16)5-9-11(18)6-12(19)17(14(8)9)7-3-4-7;1-3-8-11(14)10(15)6-9(13(17)18-2)12(8)16-7-4-5-7;1-3-5-8(11)7(12)4-6(9(5)13)10(14)15-2;1-4-7(10)6(11)3-5(8(4)12)9(13)14-2;1-6-9-10-7(2,3)8(4,5)11-9;5-4(6)3-1-2-3/h2,5-7H,1,3-4H2;4,7,9H,1,5-6H2,2-3H3;2,5-7,18H,1,3-4H2;3,6-7,16H,1,4-5H2,2H3;3-4H,1,13H2,2H3;3H,12H2,1-2H3;6H,1H2,2-5H3;3,5-6H,1-2H2. The number of amides is 1. The number of ether oxygens (including phenoxy) is 4. The second-order valence-corrected chi connectivity index (χ2v) is 36.6. The molecule has 8 aromatic rings. The van der Waals surface area contributed by atoms with Crippen LogP contribution in [0.5, 0.6) is 11.5 Å². The topological polar surface area (TPSA) is 356 Å². The van der Waals surface area contributed by atoms with E-state index in [1.54, 1.807) is 17.5 Å². The zero-order valence-electron chi connectivity index (χ0n) is 71.4. The first-order valence-corrected chi connectivity index (χ1v) is 45.2. The predicted molar refractivity (Wildman–Crippen MR) is 504 cm³/mol. The normalized spacial score (nSPS) is 14.9. The van der Waals surface area contributed by atoms with Crippen molar-refractivity contribution in [1.29, 1.82) is 0 Å². The molecule has 14 rings (SSSR count). The van der Waals surface area contributed by atoms with Gasteiger partial charge in [0.2, 0.25) is 5.91 Å². The average Bonchev–Trinajstić information content (AvgIpc) is 1.43. The fraction of sp³-hybridized carbons (Fsp3) is 0.322. The van der Waals surface area contributed by atoms with Crippen molar-refractivity contribution in [3.63, 3.8) is 0 Å². The van der Waals surface area contributed by atoms with Crippen LogP contribution in [0.1, 0.15) is 186 Å². The Morgan fingerprint density at radius 1 is 0.546 bits per heavy atom. The molecule has 0 unspecified atom stereocenters. The zero-order chi connectivity index (χ0) is 97.9. The summed E-state index contributed by atoms with van der Waals surface area (Å²) < 4.78 is 180. The van der Waals surface area contributed by atoms with E-state index in [9.17, 15) is 86.6 Å². The Morgan fingerprint density at radius 2 is 0.915 bits per heavy atom. The van der Waals surface area contributed by atoms with Gasteiger partial charge in [0, 0.05) is 81.8 Å². The summed E-state index contributed by atoms with van der Waals surface area (Å²) in [7, 11) is -2.40. The van der Waals surface area contributed by atoms with Gasteiger partial charge in [-0.15, -0.1) is 6.58 Å². The molecule has 0 bridgehead atoms. The van der Waals surface area contributed by atoms with Gasteiger partial charge in [-0.05, 0) is 229 Å². The number of pyridine rings is 2. The summed E-state index contributed by atoms with van der Waals surface area (Å²) in [6.45, 7) is 32.8. The van der Waals surface area contributed by atoms with Gasteiger partial charge in [0.15, 0.2) is 5.75 Å². The van der Waals surface area contributed by atoms with E-state index in [2.05, 4.69) is 159 Å². The van der Waals surface area contributed by atoms with E-state index >= 15 is 0 Å². The van der Waals surface area contributed by atoms with Crippen molar-refractivity contribution in [2.75, 3.05) is 50.1 Å². The van der Waals surface area contributed by atoms with Crippen LogP contribution in [0.25, 0.3) is 52.2 Å². The Bertz CT molecular complexity index is 6050. The second-order valence-electron chi connectivity index (χ2n) is 30.3. The molecule has 0 atom stereocenters. The minimum atomic E-state index is -6.03. The van der Waals surface area contributed by atoms with E-state index in [1.165, 1.54) is 87.3 Å². The van der Waals surface area contributed by atoms with Crippen LogP contribution in [0.2, 0.25) is 5.82 Å². The van der Waals surface area contributed by atoms with Gasteiger partial charge in [-0.25, -0.2) is 45.5 Å². The number of hydrogen-bond donors (Lipinski definition) is 6. The molecule has 3 heterocycles. The third kappa shape index (κ3) is 25.3. The third-order valence-corrected chi connectivity index (χ3v) is 26.6. The van der Waals surface area contributed by atoms with E-state index in [4.69, 9.17) is 35.6 Å². The van der Waals surface area contributed by atoms with Gasteiger partial charge in [-0.2, -0.15) is 21.6 Å². The number of aromatic hydroxyl groups is 1. The van der Waals surface area contributed by atoms with Gasteiger partial charge in [0.05, 0.1) is 123 Å². The highest BCUT2D eigenvalue weighted by atomic mass is 79.9. The maximum Gasteiger partial charge on any atom is 0.534 e. The fourth-order valence-electron chi connectivity index (χ4n) is 12.5. The molecule has 698 valence electrons. The van der Waals surface area contributed by atoms with Crippen LogP contribution in [-0.4, -0.2) is 134 Å². The van der Waals surface area contributed by atoms with Crippen LogP contribution < -0.4 is 37.0 Å². The van der Waals surface area contributed by atoms with Crippen LogP contribution >= 0.6 is 95.6 Å². The predicted octanol–water partition coefficient (Wildman–Crippen LogP) is 21.1. The lowest BCUT2D eigenvalue weighted by Crippen LogP contribution is -2.41. The minimum Gasteiger partial charge on any atom is -0.507 e. The van der Waals surface area contributed by atoms with E-state index in [-0.39, 0.29) is 132 Å². The summed E-state index contributed by atoms with van der Waals surface area (Å²) in [5.74, 6) is -5.57. The SMILES string of the molecule is C=CB1OC(C)(C)C(C)(C)O1.C=Cc1c(Br)c(F)cc(C(=O)OC)c1N(C(C)=O)C1CC1.C=Cc1c(Br)c(F)cc(C(=O)OC)c1NC1CC1.C=Cc1c(Br)c(F)cc2c(O)cc(=O)n(C3CC3)c12.C=Cc1c(Br)c(F)cc2c(OS(=O)(=O)C(F)(F)F)cc(=O)n(C3CC3)c12.C=Cc1c(N)c(C(=O)OC)cc(F)c1Br.COC(=O)c1cc(F)c(Br)c(C)c1N.OB(O)C1CC1. The monoisotopic (exact) mass is 2220 g/mol. The Labute approximate surface area is 793 Å². The number of alkyl halides is 3. The molecule has 130 heavy (non-hydrogen) atoms. The number of fused-ring (bicyclic) bond motifs is 2. The first-order valence-electron chi connectivity index (χ1n) is 39.0. The average molecular weight is 2230 g/mol. The summed E-state index contributed by atoms with van der Waals surface area (Å²) >= 11 is 18.5. The maximum atomic E-state index is 14.2. The Hall–Kier alpha value is -9.30. The lowest BCUT2D eigenvalue weighted by molar-refractivity contribution is -0.116. The molecule has 2 aromatic heterocycles. The van der Waals surface area contributed by atoms with Crippen LogP contribution in [0.3, 0.4) is 0 Å². The van der Waals surface area contributed by atoms with Crippen molar-refractivity contribution in [3.8, 4) is 11.5 Å². The summed E-state index contributed by atoms with van der Waals surface area (Å²) in [6, 6.07) is 8.42. The van der Waals surface area contributed by atoms with Crippen molar-refractivity contribution in [2.45, 2.75) is 152 Å². The van der Waals surface area contributed by atoms with Gasteiger partial charge in [0.1, 0.15) is 40.7 Å². The number of carbonyl (C=O) groups excluding carboxylic acids is 5. The molecule has 5 saturated carbocycles. The Balaban J connectivity index is 0.000000208. The van der Waals surface area contributed by atoms with Crippen molar-refractivity contribution < 1.29 is 119 Å². The van der Waals surface area contributed by atoms with Gasteiger partial charge < -0.3 is 78.4 Å². The van der Waals surface area contributed by atoms with Gasteiger partial charge in [-0.3, -0.25) is 14.4 Å². The Morgan fingerprint density at radius 3 is 1.29 bits per heavy atom. The maximum absolute atomic E-state index is 14.2. The highest BCUT2D eigenvalue weighted by molar-refractivity contribution is 9.11. The molecule has 6 aliphatic rings. The molecule has 8 N–H and O–H groups in total. The van der Waals surface area contributed by atoms with Crippen LogP contribution in [0.15, 0.2) is 130 Å². The minimum absolute atomic E-state index is 0.00639. The van der Waals surface area contributed by atoms with Gasteiger partial charge >= 0.3 is 53.7 Å². The zero-order valence-corrected chi connectivity index (χ0v) is 81.7. The van der Waals surface area contributed by atoms with E-state index < -0.39 is 92.8 Å². The number of methoxy groups -OCH3 is 4. The number of nitrogens with two attached hydrogens (primary N) is 2. The number of nitrogens with zero attached hydrogens (tertiary/aromatic N) is 3. The molecular weight excluding hydrogens is 2140 g/mol. The molecule has 1 amide bonds.